The Hall–Kier alpha value is -1.70. The van der Waals surface area contributed by atoms with Gasteiger partial charge in [0.15, 0.2) is 0 Å². The number of alkyl halides is 4. The molecule has 4 rings (SSSR count). The number of fused-ring (bicyclic) bond motifs is 4. The number of pyridine rings is 1. The van der Waals surface area contributed by atoms with Gasteiger partial charge in [0.05, 0.1) is 0 Å². The lowest BCUT2D eigenvalue weighted by atomic mass is 9.94. The summed E-state index contributed by atoms with van der Waals surface area (Å²) in [5, 5.41) is 0. The van der Waals surface area contributed by atoms with Crippen molar-refractivity contribution in [2.45, 2.75) is 37.7 Å². The highest BCUT2D eigenvalue weighted by Crippen LogP contribution is 2.32. The lowest BCUT2D eigenvalue weighted by molar-refractivity contribution is -0.137. The smallest absolute Gasteiger partial charge is 0.308 e. The number of nitrogens with zero attached hydrogens (tertiary/aromatic N) is 3. The fourth-order valence-electron chi connectivity index (χ4n) is 3.67. The van der Waals surface area contributed by atoms with Crippen LogP contribution in [0.4, 0.5) is 17.6 Å². The Morgan fingerprint density at radius 1 is 1.24 bits per heavy atom. The summed E-state index contributed by atoms with van der Waals surface area (Å²) in [6.45, 7) is 1.46. The normalized spacial score (nSPS) is 24.6. The Morgan fingerprint density at radius 3 is 2.72 bits per heavy atom. The molecule has 1 aromatic rings. The van der Waals surface area contributed by atoms with Gasteiger partial charge in [-0.3, -0.25) is 14.7 Å². The molecule has 0 radical (unpaired) electrons. The van der Waals surface area contributed by atoms with Crippen LogP contribution in [0.15, 0.2) is 24.4 Å². The molecule has 1 amide bonds. The molecule has 0 aromatic carbocycles. The molecule has 4 nitrogen and oxygen atoms in total. The first-order valence-electron chi connectivity index (χ1n) is 8.47. The van der Waals surface area contributed by atoms with Gasteiger partial charge in [0.25, 0.3) is 5.91 Å². The number of halogens is 4. The molecule has 138 valence electrons. The van der Waals surface area contributed by atoms with Crippen molar-refractivity contribution in [1.82, 2.24) is 14.8 Å². The molecule has 1 aromatic heterocycles. The number of piperidine rings is 1. The third-order valence-corrected chi connectivity index (χ3v) is 5.05. The van der Waals surface area contributed by atoms with E-state index < -0.39 is 18.8 Å². The average molecular weight is 359 g/mol. The highest BCUT2D eigenvalue weighted by atomic mass is 19.3. The Bertz CT molecular complexity index is 599. The van der Waals surface area contributed by atoms with Crippen molar-refractivity contribution < 1.29 is 22.4 Å². The molecule has 0 saturated carbocycles. The highest BCUT2D eigenvalue weighted by molar-refractivity contribution is 5.92. The summed E-state index contributed by atoms with van der Waals surface area (Å²) >= 11 is 0. The Labute approximate surface area is 143 Å². The lowest BCUT2D eigenvalue weighted by Gasteiger charge is -2.36. The second-order valence-electron chi connectivity index (χ2n) is 6.83. The van der Waals surface area contributed by atoms with Crippen molar-refractivity contribution in [2.24, 2.45) is 5.92 Å². The predicted octanol–water partition coefficient (Wildman–Crippen LogP) is 2.91. The van der Waals surface area contributed by atoms with E-state index in [1.54, 1.807) is 29.3 Å². The first-order valence-corrected chi connectivity index (χ1v) is 8.47. The predicted molar refractivity (Wildman–Crippen MR) is 83.8 cm³/mol. The number of carbonyl (C=O) groups excluding carboxylic acids is 1. The van der Waals surface area contributed by atoms with E-state index in [9.17, 15) is 22.4 Å². The molecular weight excluding hydrogens is 338 g/mol. The van der Waals surface area contributed by atoms with Crippen LogP contribution in [-0.2, 0) is 0 Å². The summed E-state index contributed by atoms with van der Waals surface area (Å²) in [6.07, 6.45) is -1.24. The molecule has 25 heavy (non-hydrogen) atoms. The molecule has 8 heteroatoms. The van der Waals surface area contributed by atoms with E-state index in [4.69, 9.17) is 0 Å². The molecule has 3 saturated heterocycles. The van der Waals surface area contributed by atoms with Crippen LogP contribution >= 0.6 is 0 Å². The molecule has 4 heterocycles. The summed E-state index contributed by atoms with van der Waals surface area (Å²) in [7, 11) is 0. The zero-order valence-electron chi connectivity index (χ0n) is 13.8. The standard InChI is InChI=1S/C17H21F4N3O/c18-16(19)17(20,21)6-8-23-9-12-4-5-13(23)11-24(10-12)15(25)14-3-1-2-7-22-14/h1-3,7,12-13,16H,4-6,8-11H2/t12-,13-/m1/s1. The minimum Gasteiger partial charge on any atom is -0.335 e. The maximum atomic E-state index is 13.2. The van der Waals surface area contributed by atoms with Gasteiger partial charge in [-0.15, -0.1) is 0 Å². The van der Waals surface area contributed by atoms with Crippen LogP contribution in [0.3, 0.4) is 0 Å². The topological polar surface area (TPSA) is 36.4 Å². The van der Waals surface area contributed by atoms with Gasteiger partial charge in [-0.1, -0.05) is 6.07 Å². The van der Waals surface area contributed by atoms with E-state index in [0.717, 1.165) is 12.8 Å². The van der Waals surface area contributed by atoms with Crippen LogP contribution in [0.1, 0.15) is 29.8 Å². The Morgan fingerprint density at radius 2 is 2.04 bits per heavy atom. The molecule has 0 spiro atoms. The number of carbonyl (C=O) groups is 1. The molecule has 2 atom stereocenters. The zero-order valence-corrected chi connectivity index (χ0v) is 13.8. The van der Waals surface area contributed by atoms with Crippen LogP contribution in [0.2, 0.25) is 0 Å². The van der Waals surface area contributed by atoms with Crippen molar-refractivity contribution >= 4 is 5.91 Å². The van der Waals surface area contributed by atoms with Crippen LogP contribution in [0.5, 0.6) is 0 Å². The molecule has 0 aliphatic carbocycles. The SMILES string of the molecule is O=C(c1ccccn1)N1C[C@@H]2CC[C@H](C1)N(CCC(F)(F)C(F)F)C2. The van der Waals surface area contributed by atoms with E-state index >= 15 is 0 Å². The van der Waals surface area contributed by atoms with Crippen LogP contribution < -0.4 is 0 Å². The zero-order chi connectivity index (χ0) is 18.0. The Balaban J connectivity index is 1.65. The number of hydrogen-bond acceptors (Lipinski definition) is 3. The minimum absolute atomic E-state index is 0.0696. The first-order chi connectivity index (χ1) is 11.9. The van der Waals surface area contributed by atoms with Gasteiger partial charge >= 0.3 is 12.3 Å². The lowest BCUT2D eigenvalue weighted by Crippen LogP contribution is -2.46. The fourth-order valence-corrected chi connectivity index (χ4v) is 3.67. The summed E-state index contributed by atoms with van der Waals surface area (Å²) in [6, 6.07) is 5.05. The average Bonchev–Trinajstić information content (AvgIpc) is 2.92. The summed E-state index contributed by atoms with van der Waals surface area (Å²) < 4.78 is 51.2. The van der Waals surface area contributed by atoms with Crippen molar-refractivity contribution in [3.8, 4) is 0 Å². The number of amides is 1. The van der Waals surface area contributed by atoms with E-state index in [0.29, 0.717) is 25.3 Å². The molecule has 3 aliphatic heterocycles. The number of hydrogen-bond donors (Lipinski definition) is 0. The first kappa shape index (κ1) is 18.1. The summed E-state index contributed by atoms with van der Waals surface area (Å²) in [5.74, 6) is -3.96. The molecular formula is C17H21F4N3O. The third kappa shape index (κ3) is 4.11. The van der Waals surface area contributed by atoms with Gasteiger partial charge in [-0.2, -0.15) is 0 Å². The third-order valence-electron chi connectivity index (χ3n) is 5.05. The highest BCUT2D eigenvalue weighted by Gasteiger charge is 2.43. The van der Waals surface area contributed by atoms with Crippen LogP contribution in [-0.4, -0.2) is 65.3 Å². The molecule has 0 unspecified atom stereocenters. The van der Waals surface area contributed by atoms with Crippen molar-refractivity contribution in [2.75, 3.05) is 26.2 Å². The van der Waals surface area contributed by atoms with Gasteiger partial charge in [0.1, 0.15) is 5.69 Å². The number of rotatable bonds is 5. The monoisotopic (exact) mass is 359 g/mol. The summed E-state index contributed by atoms with van der Waals surface area (Å²) in [4.78, 5) is 20.2. The molecule has 2 bridgehead atoms. The quantitative estimate of drug-likeness (QED) is 0.759. The largest absolute Gasteiger partial charge is 0.335 e. The van der Waals surface area contributed by atoms with Crippen LogP contribution in [0, 0.1) is 5.92 Å². The second kappa shape index (κ2) is 7.27. The van der Waals surface area contributed by atoms with Gasteiger partial charge in [-0.05, 0) is 30.9 Å². The van der Waals surface area contributed by atoms with Gasteiger partial charge in [0, 0.05) is 44.8 Å². The number of aromatic nitrogens is 1. The van der Waals surface area contributed by atoms with Crippen LogP contribution in [0.25, 0.3) is 0 Å². The molecule has 0 N–H and O–H groups in total. The Kier molecular flexibility index (Phi) is 5.27. The maximum Gasteiger partial charge on any atom is 0.308 e. The minimum atomic E-state index is -3.96. The van der Waals surface area contributed by atoms with Gasteiger partial charge < -0.3 is 4.90 Å². The van der Waals surface area contributed by atoms with Gasteiger partial charge in [-0.25, -0.2) is 17.6 Å². The molecule has 3 aliphatic rings. The van der Waals surface area contributed by atoms with Crippen molar-refractivity contribution in [3.05, 3.63) is 30.1 Å². The van der Waals surface area contributed by atoms with Crippen molar-refractivity contribution in [1.29, 1.82) is 0 Å². The summed E-state index contributed by atoms with van der Waals surface area (Å²) in [5.41, 5.74) is 0.361. The van der Waals surface area contributed by atoms with Gasteiger partial charge in [0.2, 0.25) is 0 Å². The van der Waals surface area contributed by atoms with E-state index in [2.05, 4.69) is 4.98 Å². The maximum absolute atomic E-state index is 13.2. The van der Waals surface area contributed by atoms with E-state index in [1.165, 1.54) is 0 Å². The van der Waals surface area contributed by atoms with Crippen molar-refractivity contribution in [3.63, 3.8) is 0 Å². The molecule has 3 fully saturated rings. The van der Waals surface area contributed by atoms with E-state index in [1.807, 2.05) is 4.90 Å². The fraction of sp³-hybridized carbons (Fsp3) is 0.647. The second-order valence-corrected chi connectivity index (χ2v) is 6.83. The van der Waals surface area contributed by atoms with E-state index in [-0.39, 0.29) is 24.4 Å².